The first kappa shape index (κ1) is 18.8. The van der Waals surface area contributed by atoms with E-state index in [-0.39, 0.29) is 24.6 Å². The van der Waals surface area contributed by atoms with E-state index in [0.717, 1.165) is 5.03 Å². The van der Waals surface area contributed by atoms with Gasteiger partial charge in [0.05, 0.1) is 18.1 Å². The molecule has 27 heavy (non-hydrogen) atoms. The number of benzene rings is 1. The maximum absolute atomic E-state index is 14.1. The van der Waals surface area contributed by atoms with Gasteiger partial charge in [0.15, 0.2) is 5.78 Å². The number of nitrogens with zero attached hydrogens (tertiary/aromatic N) is 3. The summed E-state index contributed by atoms with van der Waals surface area (Å²) in [5.41, 5.74) is 7.84. The Balaban J connectivity index is 1.70. The normalized spacial score (nSPS) is 10.6. The highest BCUT2D eigenvalue weighted by atomic mass is 32.2. The number of aromatic nitrogens is 3. The second kappa shape index (κ2) is 8.59. The van der Waals surface area contributed by atoms with E-state index >= 15 is 0 Å². The zero-order chi connectivity index (χ0) is 19.2. The molecule has 0 spiro atoms. The van der Waals surface area contributed by atoms with Gasteiger partial charge in [0.25, 0.3) is 0 Å². The smallest absolute Gasteiger partial charge is 0.187 e. The summed E-state index contributed by atoms with van der Waals surface area (Å²) in [6, 6.07) is 8.13. The summed E-state index contributed by atoms with van der Waals surface area (Å²) in [5, 5.41) is 3.80. The molecule has 0 saturated carbocycles. The predicted molar refractivity (Wildman–Crippen MR) is 104 cm³/mol. The summed E-state index contributed by atoms with van der Waals surface area (Å²) < 4.78 is 14.1. The summed E-state index contributed by atoms with van der Waals surface area (Å²) >= 11 is 1.45. The molecule has 1 aromatic carbocycles. The summed E-state index contributed by atoms with van der Waals surface area (Å²) in [6.45, 7) is 0.228. The van der Waals surface area contributed by atoms with Gasteiger partial charge in [-0.25, -0.2) is 19.3 Å². The number of nitrogens with one attached hydrogen (secondary N) is 1. The Kier molecular flexibility index (Phi) is 5.97. The monoisotopic (exact) mass is 383 g/mol. The molecule has 0 radical (unpaired) electrons. The van der Waals surface area contributed by atoms with Crippen molar-refractivity contribution in [3.8, 4) is 0 Å². The Morgan fingerprint density at radius 1 is 1.22 bits per heavy atom. The Labute approximate surface area is 160 Å². The van der Waals surface area contributed by atoms with Gasteiger partial charge in [-0.05, 0) is 30.0 Å². The zero-order valence-electron chi connectivity index (χ0n) is 14.6. The third-order valence-electron chi connectivity index (χ3n) is 3.91. The number of nitrogens with two attached hydrogens (primary N) is 1. The van der Waals surface area contributed by atoms with E-state index < -0.39 is 0 Å². The fraction of sp³-hybridized carbons (Fsp3) is 0.158. The predicted octanol–water partition coefficient (Wildman–Crippen LogP) is 3.35. The van der Waals surface area contributed by atoms with E-state index in [1.807, 2.05) is 6.26 Å². The number of thioether (sulfide) groups is 1. The number of anilines is 2. The highest BCUT2D eigenvalue weighted by Crippen LogP contribution is 2.18. The maximum atomic E-state index is 14.1. The average molecular weight is 383 g/mol. The molecule has 3 aromatic rings. The lowest BCUT2D eigenvalue weighted by molar-refractivity contribution is 0.0987. The first-order valence-electron chi connectivity index (χ1n) is 8.17. The van der Waals surface area contributed by atoms with Crippen LogP contribution in [0.5, 0.6) is 0 Å². The Bertz CT molecular complexity index is 949. The molecule has 2 aromatic heterocycles. The van der Waals surface area contributed by atoms with Crippen molar-refractivity contribution in [2.45, 2.75) is 18.0 Å². The largest absolute Gasteiger partial charge is 0.382 e. The van der Waals surface area contributed by atoms with Crippen molar-refractivity contribution in [1.82, 2.24) is 15.0 Å². The minimum Gasteiger partial charge on any atom is -0.382 e. The van der Waals surface area contributed by atoms with Crippen LogP contribution in [0.1, 0.15) is 21.6 Å². The molecule has 2 heterocycles. The van der Waals surface area contributed by atoms with Gasteiger partial charge in [-0.15, -0.1) is 11.8 Å². The van der Waals surface area contributed by atoms with Gasteiger partial charge in [0.2, 0.25) is 0 Å². The van der Waals surface area contributed by atoms with Gasteiger partial charge in [-0.2, -0.15) is 0 Å². The number of carbonyl (C=O) groups excluding carboxylic acids is 1. The number of halogens is 1. The van der Waals surface area contributed by atoms with E-state index in [4.69, 9.17) is 5.73 Å². The molecule has 3 N–H and O–H groups in total. The molecule has 0 aliphatic carbocycles. The molecule has 0 fully saturated rings. The van der Waals surface area contributed by atoms with Crippen molar-refractivity contribution >= 4 is 29.1 Å². The molecule has 0 aliphatic heterocycles. The van der Waals surface area contributed by atoms with Crippen LogP contribution in [0.2, 0.25) is 0 Å². The number of pyridine rings is 1. The molecule has 0 bridgehead atoms. The maximum Gasteiger partial charge on any atom is 0.187 e. The number of hydrogen-bond acceptors (Lipinski definition) is 7. The van der Waals surface area contributed by atoms with E-state index in [1.54, 1.807) is 36.7 Å². The molecular formula is C19H18FN5OS. The molecule has 0 amide bonds. The topological polar surface area (TPSA) is 93.8 Å². The van der Waals surface area contributed by atoms with Gasteiger partial charge in [-0.1, -0.05) is 12.1 Å². The van der Waals surface area contributed by atoms with E-state index in [1.165, 1.54) is 24.0 Å². The van der Waals surface area contributed by atoms with Crippen LogP contribution in [0.4, 0.5) is 15.9 Å². The minimum atomic E-state index is -0.356. The van der Waals surface area contributed by atoms with Gasteiger partial charge in [-0.3, -0.25) is 4.79 Å². The van der Waals surface area contributed by atoms with E-state index in [0.29, 0.717) is 28.3 Å². The number of rotatable bonds is 7. The molecule has 0 saturated heterocycles. The third kappa shape index (κ3) is 4.79. The fourth-order valence-corrected chi connectivity index (χ4v) is 2.79. The van der Waals surface area contributed by atoms with E-state index in [9.17, 15) is 9.18 Å². The highest BCUT2D eigenvalue weighted by Gasteiger charge is 2.12. The van der Waals surface area contributed by atoms with Crippen molar-refractivity contribution in [2.75, 3.05) is 17.3 Å². The van der Waals surface area contributed by atoms with Gasteiger partial charge in [0, 0.05) is 24.7 Å². The second-order valence-corrected chi connectivity index (χ2v) is 6.59. The molecule has 8 heteroatoms. The van der Waals surface area contributed by atoms with Gasteiger partial charge < -0.3 is 11.1 Å². The van der Waals surface area contributed by atoms with Crippen molar-refractivity contribution in [2.24, 2.45) is 0 Å². The summed E-state index contributed by atoms with van der Waals surface area (Å²) in [7, 11) is 0. The van der Waals surface area contributed by atoms with Crippen LogP contribution < -0.4 is 11.1 Å². The Hall–Kier alpha value is -3.00. The van der Waals surface area contributed by atoms with Crippen LogP contribution >= 0.6 is 11.8 Å². The van der Waals surface area contributed by atoms with Crippen LogP contribution in [-0.2, 0) is 13.0 Å². The molecule has 6 nitrogen and oxygen atoms in total. The molecule has 138 valence electrons. The number of Topliss-reactive ketones (excluding diaryl/α,β-unsaturated/α-hetero) is 1. The fourth-order valence-electron chi connectivity index (χ4n) is 2.47. The quantitative estimate of drug-likeness (QED) is 0.477. The number of nitrogen functional groups attached to an aromatic ring is 1. The second-order valence-electron chi connectivity index (χ2n) is 5.76. The minimum absolute atomic E-state index is 0.121. The number of hydrogen-bond donors (Lipinski definition) is 2. The van der Waals surface area contributed by atoms with Crippen molar-refractivity contribution in [1.29, 1.82) is 0 Å². The first-order chi connectivity index (χ1) is 13.1. The van der Waals surface area contributed by atoms with Crippen LogP contribution in [0, 0.1) is 5.82 Å². The SMILES string of the molecule is CSc1cnc(C(=O)Cc2ccc(F)c(CNc3cccnc3N)c2)cn1. The van der Waals surface area contributed by atoms with Gasteiger partial charge >= 0.3 is 0 Å². The van der Waals surface area contributed by atoms with Gasteiger partial charge in [0.1, 0.15) is 22.4 Å². The van der Waals surface area contributed by atoms with Crippen molar-refractivity contribution in [3.05, 3.63) is 71.6 Å². The lowest BCUT2D eigenvalue weighted by Gasteiger charge is -2.10. The Morgan fingerprint density at radius 2 is 2.07 bits per heavy atom. The van der Waals surface area contributed by atoms with Crippen LogP contribution in [0.15, 0.2) is 53.9 Å². The lowest BCUT2D eigenvalue weighted by Crippen LogP contribution is -2.09. The average Bonchev–Trinajstić information content (AvgIpc) is 2.69. The third-order valence-corrected chi connectivity index (χ3v) is 4.53. The first-order valence-corrected chi connectivity index (χ1v) is 9.40. The molecular weight excluding hydrogens is 365 g/mol. The lowest BCUT2D eigenvalue weighted by atomic mass is 10.0. The Morgan fingerprint density at radius 3 is 2.78 bits per heavy atom. The number of carbonyl (C=O) groups is 1. The van der Waals surface area contributed by atoms with E-state index in [2.05, 4.69) is 20.3 Å². The molecule has 3 rings (SSSR count). The number of ketones is 1. The van der Waals surface area contributed by atoms with Crippen LogP contribution in [0.25, 0.3) is 0 Å². The molecule has 0 aliphatic rings. The summed E-state index contributed by atoms with van der Waals surface area (Å²) in [5.74, 6) is -0.182. The summed E-state index contributed by atoms with van der Waals surface area (Å²) in [4.78, 5) is 24.7. The molecule has 0 atom stereocenters. The van der Waals surface area contributed by atoms with Crippen LogP contribution in [0.3, 0.4) is 0 Å². The van der Waals surface area contributed by atoms with Crippen molar-refractivity contribution < 1.29 is 9.18 Å². The highest BCUT2D eigenvalue weighted by molar-refractivity contribution is 7.98. The van der Waals surface area contributed by atoms with Crippen LogP contribution in [-0.4, -0.2) is 27.0 Å². The van der Waals surface area contributed by atoms with Crippen molar-refractivity contribution in [3.63, 3.8) is 0 Å². The summed E-state index contributed by atoms with van der Waals surface area (Å²) in [6.07, 6.45) is 6.62. The zero-order valence-corrected chi connectivity index (χ0v) is 15.5. The molecule has 0 unspecified atom stereocenters. The standard InChI is InChI=1S/C19H18FN5OS/c1-27-18-11-24-16(10-25-18)17(26)8-12-4-5-14(20)13(7-12)9-23-15-3-2-6-22-19(15)21/h2-7,10-11,23H,8-9H2,1H3,(H2,21,22).